The summed E-state index contributed by atoms with van der Waals surface area (Å²) >= 11 is 0. The molecule has 0 aliphatic heterocycles. The monoisotopic (exact) mass is 1080 g/mol. The third-order valence-corrected chi connectivity index (χ3v) is 15.0. The van der Waals surface area contributed by atoms with Crippen molar-refractivity contribution < 1.29 is 28.6 Å². The molecular formula is C71H128O6. The van der Waals surface area contributed by atoms with Crippen molar-refractivity contribution >= 4 is 17.9 Å². The van der Waals surface area contributed by atoms with Crippen LogP contribution in [0.4, 0.5) is 0 Å². The van der Waals surface area contributed by atoms with Crippen molar-refractivity contribution in [3.05, 3.63) is 60.8 Å². The Kier molecular flexibility index (Phi) is 63.2. The summed E-state index contributed by atoms with van der Waals surface area (Å²) in [5, 5.41) is 0. The lowest BCUT2D eigenvalue weighted by molar-refractivity contribution is -0.167. The zero-order chi connectivity index (χ0) is 55.7. The van der Waals surface area contributed by atoms with E-state index in [0.29, 0.717) is 19.3 Å². The van der Waals surface area contributed by atoms with Crippen LogP contribution in [0.2, 0.25) is 0 Å². The van der Waals surface area contributed by atoms with Gasteiger partial charge in [0.15, 0.2) is 6.10 Å². The van der Waals surface area contributed by atoms with E-state index in [0.717, 1.165) is 89.9 Å². The van der Waals surface area contributed by atoms with E-state index in [1.54, 1.807) is 0 Å². The number of hydrogen-bond donors (Lipinski definition) is 0. The highest BCUT2D eigenvalue weighted by Gasteiger charge is 2.19. The predicted molar refractivity (Wildman–Crippen MR) is 335 cm³/mol. The van der Waals surface area contributed by atoms with Crippen molar-refractivity contribution in [1.82, 2.24) is 0 Å². The predicted octanol–water partition coefficient (Wildman–Crippen LogP) is 23.1. The highest BCUT2D eigenvalue weighted by molar-refractivity contribution is 5.71. The summed E-state index contributed by atoms with van der Waals surface area (Å²) in [5.41, 5.74) is 0. The van der Waals surface area contributed by atoms with Crippen molar-refractivity contribution in [2.75, 3.05) is 13.2 Å². The average molecular weight is 1080 g/mol. The Morgan fingerprint density at radius 2 is 0.506 bits per heavy atom. The fourth-order valence-electron chi connectivity index (χ4n) is 10.0. The number of ether oxygens (including phenoxy) is 3. The second-order valence-electron chi connectivity index (χ2n) is 22.7. The summed E-state index contributed by atoms with van der Waals surface area (Å²) in [5.74, 6) is -0.845. The maximum atomic E-state index is 12.9. The summed E-state index contributed by atoms with van der Waals surface area (Å²) in [6.45, 7) is 6.58. The van der Waals surface area contributed by atoms with E-state index in [9.17, 15) is 14.4 Å². The second-order valence-corrected chi connectivity index (χ2v) is 22.7. The molecule has 448 valence electrons. The van der Waals surface area contributed by atoms with Crippen LogP contribution in [-0.4, -0.2) is 37.2 Å². The van der Waals surface area contributed by atoms with Crippen LogP contribution in [0.5, 0.6) is 0 Å². The third kappa shape index (κ3) is 63.8. The molecule has 0 aromatic rings. The maximum Gasteiger partial charge on any atom is 0.306 e. The molecule has 0 aliphatic rings. The molecule has 0 heterocycles. The van der Waals surface area contributed by atoms with Crippen LogP contribution in [0.1, 0.15) is 355 Å². The average Bonchev–Trinajstić information content (AvgIpc) is 3.43. The molecule has 1 atom stereocenters. The van der Waals surface area contributed by atoms with Gasteiger partial charge >= 0.3 is 17.9 Å². The van der Waals surface area contributed by atoms with Gasteiger partial charge in [-0.2, -0.15) is 0 Å². The lowest BCUT2D eigenvalue weighted by atomic mass is 10.0. The summed E-state index contributed by atoms with van der Waals surface area (Å²) in [6, 6.07) is 0. The van der Waals surface area contributed by atoms with E-state index in [4.69, 9.17) is 14.2 Å². The molecule has 0 saturated carbocycles. The molecule has 0 N–H and O–H groups in total. The van der Waals surface area contributed by atoms with Crippen molar-refractivity contribution in [3.63, 3.8) is 0 Å². The van der Waals surface area contributed by atoms with Crippen LogP contribution >= 0.6 is 0 Å². The third-order valence-electron chi connectivity index (χ3n) is 15.0. The topological polar surface area (TPSA) is 78.9 Å². The number of carbonyl (C=O) groups is 3. The molecule has 0 aliphatic carbocycles. The van der Waals surface area contributed by atoms with Gasteiger partial charge in [0.2, 0.25) is 0 Å². The van der Waals surface area contributed by atoms with Crippen molar-refractivity contribution in [1.29, 1.82) is 0 Å². The highest BCUT2D eigenvalue weighted by atomic mass is 16.6. The van der Waals surface area contributed by atoms with Gasteiger partial charge in [0, 0.05) is 19.3 Å². The first kappa shape index (κ1) is 74.1. The van der Waals surface area contributed by atoms with Crippen molar-refractivity contribution in [2.24, 2.45) is 0 Å². The minimum absolute atomic E-state index is 0.0678. The largest absolute Gasteiger partial charge is 0.462 e. The van der Waals surface area contributed by atoms with Gasteiger partial charge in [0.1, 0.15) is 13.2 Å². The van der Waals surface area contributed by atoms with E-state index in [1.165, 1.54) is 225 Å². The zero-order valence-corrected chi connectivity index (χ0v) is 51.5. The molecule has 77 heavy (non-hydrogen) atoms. The Morgan fingerprint density at radius 3 is 0.792 bits per heavy atom. The SMILES string of the molecule is CC/C=C\C/C=C\C/C=C\C/C=C\C/C=C\CCCCCCCCCCCCCCCC(=O)OCC(COC(=O)CCCCCCCCCCCCCC)OC(=O)CCCCCCCCCCCCCCCCCCCC. The van der Waals surface area contributed by atoms with Gasteiger partial charge in [-0.25, -0.2) is 0 Å². The quantitative estimate of drug-likeness (QED) is 0.0261. The van der Waals surface area contributed by atoms with Crippen LogP contribution < -0.4 is 0 Å². The minimum atomic E-state index is -0.770. The van der Waals surface area contributed by atoms with Crippen LogP contribution in [-0.2, 0) is 28.6 Å². The summed E-state index contributed by atoms with van der Waals surface area (Å²) < 4.78 is 17.0. The fraction of sp³-hybridized carbons (Fsp3) is 0.817. The Morgan fingerprint density at radius 1 is 0.273 bits per heavy atom. The van der Waals surface area contributed by atoms with E-state index in [1.807, 2.05) is 0 Å². The zero-order valence-electron chi connectivity index (χ0n) is 51.5. The Hall–Kier alpha value is -2.89. The first-order chi connectivity index (χ1) is 38.0. The van der Waals surface area contributed by atoms with Crippen LogP contribution in [0, 0.1) is 0 Å². The number of allylic oxidation sites excluding steroid dienone is 10. The summed E-state index contributed by atoms with van der Waals surface area (Å²) in [7, 11) is 0. The summed E-state index contributed by atoms with van der Waals surface area (Å²) in [6.07, 6.45) is 83.8. The van der Waals surface area contributed by atoms with Gasteiger partial charge in [-0.1, -0.05) is 332 Å². The molecule has 0 aromatic heterocycles. The van der Waals surface area contributed by atoms with Gasteiger partial charge in [-0.05, 0) is 64.2 Å². The summed E-state index contributed by atoms with van der Waals surface area (Å²) in [4.78, 5) is 38.3. The molecular weight excluding hydrogens is 949 g/mol. The molecule has 6 heteroatoms. The standard InChI is InChI=1S/C71H128O6/c1-4-7-10-13-16-19-22-25-27-29-31-32-33-34-35-36-37-38-39-40-41-43-44-46-49-52-55-58-61-64-70(73)76-67-68(66-75-69(72)63-60-57-54-51-48-24-21-18-15-12-9-6-3)77-71(74)65-62-59-56-53-50-47-45-42-30-28-26-23-20-17-14-11-8-5-2/h7,10,16,19,25,27,31-32,34-35,68H,4-6,8-9,11-15,17-18,20-24,26,28-30,33,36-67H2,1-3H3/b10-7-,19-16-,27-25-,32-31-,35-34-. The number of unbranched alkanes of at least 4 members (excludes halogenated alkanes) is 41. The van der Waals surface area contributed by atoms with E-state index < -0.39 is 6.10 Å². The van der Waals surface area contributed by atoms with Gasteiger partial charge in [-0.3, -0.25) is 14.4 Å². The van der Waals surface area contributed by atoms with E-state index in [2.05, 4.69) is 81.5 Å². The van der Waals surface area contributed by atoms with E-state index in [-0.39, 0.29) is 31.1 Å². The molecule has 0 saturated heterocycles. The molecule has 0 fully saturated rings. The molecule has 0 aromatic carbocycles. The molecule has 0 spiro atoms. The van der Waals surface area contributed by atoms with Gasteiger partial charge < -0.3 is 14.2 Å². The van der Waals surface area contributed by atoms with Crippen molar-refractivity contribution in [3.8, 4) is 0 Å². The number of rotatable bonds is 62. The smallest absolute Gasteiger partial charge is 0.306 e. The lowest BCUT2D eigenvalue weighted by Gasteiger charge is -2.18. The minimum Gasteiger partial charge on any atom is -0.462 e. The normalized spacial score (nSPS) is 12.4. The first-order valence-corrected chi connectivity index (χ1v) is 33.8. The Labute approximate surface area is 479 Å². The Balaban J connectivity index is 4.20. The van der Waals surface area contributed by atoms with E-state index >= 15 is 0 Å². The molecule has 0 amide bonds. The molecule has 0 bridgehead atoms. The number of hydrogen-bond acceptors (Lipinski definition) is 6. The van der Waals surface area contributed by atoms with Crippen molar-refractivity contribution in [2.45, 2.75) is 361 Å². The Bertz CT molecular complexity index is 1380. The lowest BCUT2D eigenvalue weighted by Crippen LogP contribution is -2.30. The molecule has 0 rings (SSSR count). The number of carbonyl (C=O) groups excluding carboxylic acids is 3. The highest BCUT2D eigenvalue weighted by Crippen LogP contribution is 2.18. The van der Waals surface area contributed by atoms with Crippen LogP contribution in [0.3, 0.4) is 0 Å². The van der Waals surface area contributed by atoms with Crippen LogP contribution in [0.25, 0.3) is 0 Å². The molecule has 6 nitrogen and oxygen atoms in total. The molecule has 1 unspecified atom stereocenters. The maximum absolute atomic E-state index is 12.9. The van der Waals surface area contributed by atoms with Crippen LogP contribution in [0.15, 0.2) is 60.8 Å². The number of esters is 3. The first-order valence-electron chi connectivity index (χ1n) is 33.8. The van der Waals surface area contributed by atoms with Gasteiger partial charge in [0.25, 0.3) is 0 Å². The van der Waals surface area contributed by atoms with Gasteiger partial charge in [0.05, 0.1) is 0 Å². The fourth-order valence-corrected chi connectivity index (χ4v) is 10.0. The molecule has 0 radical (unpaired) electrons. The second kappa shape index (κ2) is 65.6. The van der Waals surface area contributed by atoms with Gasteiger partial charge in [-0.15, -0.1) is 0 Å².